The fourth-order valence-corrected chi connectivity index (χ4v) is 2.00. The standard InChI is InChI=1S/C13H22N4O4S/c1-8(14-11(19)21-13(2,3)4)10-15-16-12(20-10)22-7-9(18)17(5)6/h8H,7H2,1-6H3,(H,14,19). The van der Waals surface area contributed by atoms with Gasteiger partial charge in [0.05, 0.1) is 5.75 Å². The summed E-state index contributed by atoms with van der Waals surface area (Å²) >= 11 is 1.15. The van der Waals surface area contributed by atoms with E-state index in [1.165, 1.54) is 4.90 Å². The lowest BCUT2D eigenvalue weighted by molar-refractivity contribution is -0.125. The quantitative estimate of drug-likeness (QED) is 0.822. The highest BCUT2D eigenvalue weighted by Gasteiger charge is 2.21. The summed E-state index contributed by atoms with van der Waals surface area (Å²) in [6.07, 6.45) is -0.560. The van der Waals surface area contributed by atoms with Crippen molar-refractivity contribution in [3.8, 4) is 0 Å². The van der Waals surface area contributed by atoms with Gasteiger partial charge in [-0.25, -0.2) is 4.79 Å². The van der Waals surface area contributed by atoms with Gasteiger partial charge >= 0.3 is 6.09 Å². The number of rotatable bonds is 5. The van der Waals surface area contributed by atoms with Crippen molar-refractivity contribution in [2.45, 2.75) is 44.6 Å². The molecule has 1 unspecified atom stereocenters. The second-order valence-electron chi connectivity index (χ2n) is 5.85. The summed E-state index contributed by atoms with van der Waals surface area (Å²) < 4.78 is 10.6. The van der Waals surface area contributed by atoms with Crippen molar-refractivity contribution in [3.05, 3.63) is 5.89 Å². The number of nitrogens with zero attached hydrogens (tertiary/aromatic N) is 3. The Labute approximate surface area is 134 Å². The maximum Gasteiger partial charge on any atom is 0.408 e. The van der Waals surface area contributed by atoms with Gasteiger partial charge in [-0.1, -0.05) is 11.8 Å². The van der Waals surface area contributed by atoms with Crippen LogP contribution in [0.4, 0.5) is 4.79 Å². The molecule has 0 aliphatic rings. The number of nitrogens with one attached hydrogen (secondary N) is 1. The molecule has 0 aliphatic heterocycles. The van der Waals surface area contributed by atoms with E-state index in [2.05, 4.69) is 15.5 Å². The van der Waals surface area contributed by atoms with Crippen molar-refractivity contribution in [1.29, 1.82) is 0 Å². The van der Waals surface area contributed by atoms with Gasteiger partial charge in [-0.05, 0) is 27.7 Å². The van der Waals surface area contributed by atoms with Crippen LogP contribution in [0.5, 0.6) is 0 Å². The molecule has 0 saturated carbocycles. The first-order chi connectivity index (χ1) is 10.1. The molecule has 0 saturated heterocycles. The molecule has 22 heavy (non-hydrogen) atoms. The molecule has 1 heterocycles. The first-order valence-corrected chi connectivity index (χ1v) is 7.73. The minimum Gasteiger partial charge on any atom is -0.444 e. The molecule has 2 amide bonds. The molecule has 8 nitrogen and oxygen atoms in total. The zero-order valence-electron chi connectivity index (χ0n) is 13.7. The van der Waals surface area contributed by atoms with Crippen LogP contribution >= 0.6 is 11.8 Å². The SMILES string of the molecule is CC(NC(=O)OC(C)(C)C)c1nnc(SCC(=O)N(C)C)o1. The van der Waals surface area contributed by atoms with E-state index in [0.29, 0.717) is 0 Å². The predicted molar refractivity (Wildman–Crippen MR) is 81.5 cm³/mol. The van der Waals surface area contributed by atoms with E-state index in [9.17, 15) is 9.59 Å². The van der Waals surface area contributed by atoms with E-state index >= 15 is 0 Å². The number of carbonyl (C=O) groups is 2. The number of thioether (sulfide) groups is 1. The highest BCUT2D eigenvalue weighted by Crippen LogP contribution is 2.20. The Kier molecular flexibility index (Phi) is 6.21. The minimum absolute atomic E-state index is 0.0512. The van der Waals surface area contributed by atoms with Crippen molar-refractivity contribution >= 4 is 23.8 Å². The number of hydrogen-bond acceptors (Lipinski definition) is 7. The Morgan fingerprint density at radius 2 is 2.00 bits per heavy atom. The van der Waals surface area contributed by atoms with Crippen molar-refractivity contribution in [3.63, 3.8) is 0 Å². The van der Waals surface area contributed by atoms with Crippen molar-refractivity contribution in [1.82, 2.24) is 20.4 Å². The molecule has 0 spiro atoms. The molecular weight excluding hydrogens is 308 g/mol. The average molecular weight is 330 g/mol. The van der Waals surface area contributed by atoms with Gasteiger partial charge in [0.1, 0.15) is 11.6 Å². The molecule has 1 atom stereocenters. The van der Waals surface area contributed by atoms with Crippen LogP contribution in [-0.2, 0) is 9.53 Å². The van der Waals surface area contributed by atoms with Gasteiger partial charge < -0.3 is 19.4 Å². The Morgan fingerprint density at radius 1 is 1.36 bits per heavy atom. The Morgan fingerprint density at radius 3 is 2.55 bits per heavy atom. The van der Waals surface area contributed by atoms with Gasteiger partial charge in [-0.15, -0.1) is 10.2 Å². The number of aromatic nitrogens is 2. The van der Waals surface area contributed by atoms with Crippen LogP contribution in [0.1, 0.15) is 39.6 Å². The van der Waals surface area contributed by atoms with Gasteiger partial charge in [0, 0.05) is 14.1 Å². The van der Waals surface area contributed by atoms with Gasteiger partial charge in [-0.3, -0.25) is 4.79 Å². The molecule has 0 aromatic carbocycles. The van der Waals surface area contributed by atoms with E-state index in [-0.39, 0.29) is 22.8 Å². The van der Waals surface area contributed by atoms with Crippen LogP contribution in [0.2, 0.25) is 0 Å². The average Bonchev–Trinajstić information content (AvgIpc) is 2.81. The van der Waals surface area contributed by atoms with Crippen LogP contribution in [0, 0.1) is 0 Å². The summed E-state index contributed by atoms with van der Waals surface area (Å²) in [4.78, 5) is 24.6. The molecule has 0 radical (unpaired) electrons. The summed E-state index contributed by atoms with van der Waals surface area (Å²) in [5, 5.41) is 10.6. The van der Waals surface area contributed by atoms with E-state index in [1.807, 2.05) is 0 Å². The molecule has 1 aromatic rings. The predicted octanol–water partition coefficient (Wildman–Crippen LogP) is 1.84. The first kappa shape index (κ1) is 18.3. The van der Waals surface area contributed by atoms with E-state index in [4.69, 9.17) is 9.15 Å². The third-order valence-electron chi connectivity index (χ3n) is 2.34. The molecule has 0 fully saturated rings. The van der Waals surface area contributed by atoms with E-state index < -0.39 is 17.7 Å². The zero-order chi connectivity index (χ0) is 16.9. The number of hydrogen-bond donors (Lipinski definition) is 1. The monoisotopic (exact) mass is 330 g/mol. The maximum atomic E-state index is 11.7. The van der Waals surface area contributed by atoms with Gasteiger partial charge in [-0.2, -0.15) is 0 Å². The van der Waals surface area contributed by atoms with E-state index in [0.717, 1.165) is 11.8 Å². The molecule has 1 N–H and O–H groups in total. The third kappa shape index (κ3) is 6.33. The zero-order valence-corrected chi connectivity index (χ0v) is 14.5. The van der Waals surface area contributed by atoms with Gasteiger partial charge in [0.25, 0.3) is 5.22 Å². The number of alkyl carbamates (subject to hydrolysis) is 1. The minimum atomic E-state index is -0.577. The lowest BCUT2D eigenvalue weighted by atomic mass is 10.2. The fourth-order valence-electron chi connectivity index (χ4n) is 1.25. The molecule has 0 bridgehead atoms. The largest absolute Gasteiger partial charge is 0.444 e. The van der Waals surface area contributed by atoms with Crippen LogP contribution in [0.15, 0.2) is 9.64 Å². The van der Waals surface area contributed by atoms with Crippen molar-refractivity contribution < 1.29 is 18.7 Å². The molecular formula is C13H22N4O4S. The fraction of sp³-hybridized carbons (Fsp3) is 0.692. The summed E-state index contributed by atoms with van der Waals surface area (Å²) in [6, 6.07) is -0.485. The lowest BCUT2D eigenvalue weighted by Crippen LogP contribution is -2.34. The second-order valence-corrected chi connectivity index (χ2v) is 6.78. The first-order valence-electron chi connectivity index (χ1n) is 6.74. The second kappa shape index (κ2) is 7.48. The lowest BCUT2D eigenvalue weighted by Gasteiger charge is -2.20. The molecule has 1 rings (SSSR count). The molecule has 124 valence electrons. The molecule has 0 aliphatic carbocycles. The summed E-state index contributed by atoms with van der Waals surface area (Å²) in [6.45, 7) is 7.04. The maximum absolute atomic E-state index is 11.7. The summed E-state index contributed by atoms with van der Waals surface area (Å²) in [5.41, 5.74) is -0.577. The molecule has 9 heteroatoms. The van der Waals surface area contributed by atoms with Gasteiger partial charge in [0.2, 0.25) is 11.8 Å². The number of ether oxygens (including phenoxy) is 1. The van der Waals surface area contributed by atoms with Crippen LogP contribution in [0.25, 0.3) is 0 Å². The Bertz CT molecular complexity index is 524. The van der Waals surface area contributed by atoms with Crippen LogP contribution in [-0.4, -0.2) is 52.5 Å². The van der Waals surface area contributed by atoms with Crippen LogP contribution < -0.4 is 5.32 Å². The van der Waals surface area contributed by atoms with Crippen molar-refractivity contribution in [2.24, 2.45) is 0 Å². The highest BCUT2D eigenvalue weighted by atomic mass is 32.2. The third-order valence-corrected chi connectivity index (χ3v) is 3.15. The number of amides is 2. The summed E-state index contributed by atoms with van der Waals surface area (Å²) in [5.74, 6) is 0.415. The van der Waals surface area contributed by atoms with Gasteiger partial charge in [0.15, 0.2) is 0 Å². The smallest absolute Gasteiger partial charge is 0.408 e. The Balaban J connectivity index is 2.52. The molecule has 1 aromatic heterocycles. The van der Waals surface area contributed by atoms with Crippen LogP contribution in [0.3, 0.4) is 0 Å². The number of carbonyl (C=O) groups excluding carboxylic acids is 2. The van der Waals surface area contributed by atoms with Crippen molar-refractivity contribution in [2.75, 3.05) is 19.8 Å². The topological polar surface area (TPSA) is 97.6 Å². The summed E-state index contributed by atoms with van der Waals surface area (Å²) in [7, 11) is 3.35. The normalized spacial score (nSPS) is 12.6. The Hall–Kier alpha value is -1.77. The highest BCUT2D eigenvalue weighted by molar-refractivity contribution is 7.99. The van der Waals surface area contributed by atoms with E-state index in [1.54, 1.807) is 41.8 Å².